The van der Waals surface area contributed by atoms with E-state index in [4.69, 9.17) is 9.15 Å². The number of furan rings is 1. The minimum absolute atomic E-state index is 0.0994. The summed E-state index contributed by atoms with van der Waals surface area (Å²) in [5, 5.41) is 5.40. The lowest BCUT2D eigenvalue weighted by atomic mass is 10.1. The molecule has 0 spiro atoms. The van der Waals surface area contributed by atoms with Crippen LogP contribution in [-0.4, -0.2) is 28.1 Å². The van der Waals surface area contributed by atoms with Crippen LogP contribution < -0.4 is 0 Å². The smallest absolute Gasteiger partial charge is 0.310 e. The van der Waals surface area contributed by atoms with E-state index in [1.54, 1.807) is 0 Å². The van der Waals surface area contributed by atoms with Crippen molar-refractivity contribution in [1.82, 2.24) is 9.78 Å². The van der Waals surface area contributed by atoms with E-state index in [9.17, 15) is 9.59 Å². The van der Waals surface area contributed by atoms with Gasteiger partial charge in [-0.2, -0.15) is 5.10 Å². The fourth-order valence-corrected chi connectivity index (χ4v) is 3.36. The van der Waals surface area contributed by atoms with E-state index in [2.05, 4.69) is 18.9 Å². The first-order valence-electron chi connectivity index (χ1n) is 9.47. The molecule has 0 amide bonds. The summed E-state index contributed by atoms with van der Waals surface area (Å²) in [5.74, 6) is -0.0861. The molecule has 28 heavy (non-hydrogen) atoms. The second-order valence-corrected chi connectivity index (χ2v) is 7.54. The second kappa shape index (κ2) is 8.00. The summed E-state index contributed by atoms with van der Waals surface area (Å²) in [6.07, 6.45) is 0.0994. The lowest BCUT2D eigenvalue weighted by Crippen LogP contribution is -2.16. The fourth-order valence-electron chi connectivity index (χ4n) is 3.36. The van der Waals surface area contributed by atoms with Crippen LogP contribution in [0.25, 0.3) is 11.0 Å². The third-order valence-corrected chi connectivity index (χ3v) is 4.85. The number of benzene rings is 1. The lowest BCUT2D eigenvalue weighted by Gasteiger charge is -2.08. The molecular formula is C22H26N2O4. The van der Waals surface area contributed by atoms with Gasteiger partial charge >= 0.3 is 5.97 Å². The summed E-state index contributed by atoms with van der Waals surface area (Å²) >= 11 is 0. The van der Waals surface area contributed by atoms with Crippen LogP contribution in [0.5, 0.6) is 0 Å². The summed E-state index contributed by atoms with van der Waals surface area (Å²) in [7, 11) is 0. The van der Waals surface area contributed by atoms with Crippen molar-refractivity contribution in [3.63, 3.8) is 0 Å². The van der Waals surface area contributed by atoms with Crippen molar-refractivity contribution in [2.45, 2.75) is 47.6 Å². The van der Waals surface area contributed by atoms with Crippen LogP contribution in [0.2, 0.25) is 0 Å². The number of rotatable bonds is 7. The minimum Gasteiger partial charge on any atom is -0.457 e. The van der Waals surface area contributed by atoms with E-state index < -0.39 is 5.97 Å². The number of Topliss-reactive ketones (excluding diaryl/α,β-unsaturated/α-hetero) is 1. The van der Waals surface area contributed by atoms with Crippen LogP contribution in [0.4, 0.5) is 0 Å². The third-order valence-electron chi connectivity index (χ3n) is 4.85. The molecule has 0 unspecified atom stereocenters. The summed E-state index contributed by atoms with van der Waals surface area (Å²) in [6, 6.07) is 7.45. The van der Waals surface area contributed by atoms with Crippen LogP contribution in [0.15, 0.2) is 28.7 Å². The predicted molar refractivity (Wildman–Crippen MR) is 106 cm³/mol. The Hall–Kier alpha value is -2.89. The van der Waals surface area contributed by atoms with Gasteiger partial charge in [-0.25, -0.2) is 0 Å². The average molecular weight is 382 g/mol. The molecule has 0 atom stereocenters. The Bertz CT molecular complexity index is 1030. The number of hydrogen-bond donors (Lipinski definition) is 0. The van der Waals surface area contributed by atoms with E-state index in [0.717, 1.165) is 34.4 Å². The lowest BCUT2D eigenvalue weighted by molar-refractivity contribution is -0.141. The Balaban J connectivity index is 1.65. The number of hydrogen-bond acceptors (Lipinski definition) is 5. The first-order chi connectivity index (χ1) is 13.3. The molecule has 6 nitrogen and oxygen atoms in total. The van der Waals surface area contributed by atoms with Crippen molar-refractivity contribution in [2.24, 2.45) is 5.92 Å². The first-order valence-corrected chi connectivity index (χ1v) is 9.47. The van der Waals surface area contributed by atoms with E-state index in [1.165, 1.54) is 0 Å². The molecule has 0 bridgehead atoms. The van der Waals surface area contributed by atoms with E-state index >= 15 is 0 Å². The monoisotopic (exact) mass is 382 g/mol. The molecular weight excluding hydrogens is 356 g/mol. The van der Waals surface area contributed by atoms with Gasteiger partial charge < -0.3 is 9.15 Å². The average Bonchev–Trinajstić information content (AvgIpc) is 3.11. The number of nitrogens with zero attached hydrogens (tertiary/aromatic N) is 2. The molecule has 0 saturated heterocycles. The quantitative estimate of drug-likeness (QED) is 0.453. The fraction of sp³-hybridized carbons (Fsp3) is 0.409. The Kier molecular flexibility index (Phi) is 5.68. The SMILES string of the molecule is Cc1nn(CC(C)C)c(C)c1CC(=O)OCC(=O)c1oc2ccccc2c1C. The number of aryl methyl sites for hydroxylation is 2. The van der Waals surface area contributed by atoms with Gasteiger partial charge in [-0.1, -0.05) is 32.0 Å². The zero-order chi connectivity index (χ0) is 20.4. The summed E-state index contributed by atoms with van der Waals surface area (Å²) in [4.78, 5) is 24.8. The third kappa shape index (κ3) is 4.01. The van der Waals surface area contributed by atoms with Gasteiger partial charge in [-0.05, 0) is 32.8 Å². The summed E-state index contributed by atoms with van der Waals surface area (Å²) in [6.45, 7) is 10.4. The van der Waals surface area contributed by atoms with Crippen molar-refractivity contribution >= 4 is 22.7 Å². The molecule has 0 radical (unpaired) electrons. The van der Waals surface area contributed by atoms with Gasteiger partial charge in [-0.15, -0.1) is 0 Å². The standard InChI is InChI=1S/C22H26N2O4/c1-13(2)11-24-16(5)18(15(4)23-24)10-21(26)27-12-19(25)22-14(3)17-8-6-7-9-20(17)28-22/h6-9,13H,10-12H2,1-5H3. The maximum Gasteiger partial charge on any atom is 0.310 e. The number of esters is 1. The second-order valence-electron chi connectivity index (χ2n) is 7.54. The Labute approximate surface area is 164 Å². The van der Waals surface area contributed by atoms with Gasteiger partial charge in [0.05, 0.1) is 12.1 Å². The molecule has 6 heteroatoms. The zero-order valence-corrected chi connectivity index (χ0v) is 17.0. The molecule has 0 aliphatic heterocycles. The number of para-hydroxylation sites is 1. The topological polar surface area (TPSA) is 74.3 Å². The number of ketones is 1. The normalized spacial score (nSPS) is 11.4. The largest absolute Gasteiger partial charge is 0.457 e. The van der Waals surface area contributed by atoms with Crippen LogP contribution in [0, 0.1) is 26.7 Å². The number of aromatic nitrogens is 2. The molecule has 0 N–H and O–H groups in total. The Morgan fingerprint density at radius 3 is 2.57 bits per heavy atom. The number of carbonyl (C=O) groups is 2. The van der Waals surface area contributed by atoms with E-state index in [-0.39, 0.29) is 24.6 Å². The summed E-state index contributed by atoms with van der Waals surface area (Å²) in [5.41, 5.74) is 4.05. The molecule has 0 saturated carbocycles. The van der Waals surface area contributed by atoms with Gasteiger partial charge in [-0.3, -0.25) is 14.3 Å². The van der Waals surface area contributed by atoms with Crippen LogP contribution in [0.1, 0.15) is 46.9 Å². The highest BCUT2D eigenvalue weighted by Gasteiger charge is 2.21. The molecule has 2 aromatic heterocycles. The van der Waals surface area contributed by atoms with E-state index in [0.29, 0.717) is 11.5 Å². The first kappa shape index (κ1) is 19.9. The Morgan fingerprint density at radius 2 is 1.89 bits per heavy atom. The van der Waals surface area contributed by atoms with Crippen LogP contribution in [0.3, 0.4) is 0 Å². The minimum atomic E-state index is -0.447. The van der Waals surface area contributed by atoms with Crippen LogP contribution in [-0.2, 0) is 22.5 Å². The predicted octanol–water partition coefficient (Wildman–Crippen LogP) is 4.18. The highest BCUT2D eigenvalue weighted by Crippen LogP contribution is 2.25. The van der Waals surface area contributed by atoms with Gasteiger partial charge in [0.1, 0.15) is 5.58 Å². The zero-order valence-electron chi connectivity index (χ0n) is 17.0. The Morgan fingerprint density at radius 1 is 1.18 bits per heavy atom. The van der Waals surface area contributed by atoms with Crippen molar-refractivity contribution in [3.05, 3.63) is 52.5 Å². The molecule has 148 valence electrons. The van der Waals surface area contributed by atoms with Gasteiger partial charge in [0.2, 0.25) is 5.78 Å². The highest BCUT2D eigenvalue weighted by molar-refractivity contribution is 6.01. The molecule has 3 rings (SSSR count). The molecule has 0 aliphatic rings. The van der Waals surface area contributed by atoms with Crippen molar-refractivity contribution in [1.29, 1.82) is 0 Å². The maximum absolute atomic E-state index is 12.5. The summed E-state index contributed by atoms with van der Waals surface area (Å²) < 4.78 is 12.8. The van der Waals surface area contributed by atoms with Crippen molar-refractivity contribution in [3.8, 4) is 0 Å². The number of fused-ring (bicyclic) bond motifs is 1. The molecule has 2 heterocycles. The molecule has 3 aromatic rings. The maximum atomic E-state index is 12.5. The van der Waals surface area contributed by atoms with Gasteiger partial charge in [0, 0.05) is 28.8 Å². The van der Waals surface area contributed by atoms with Gasteiger partial charge in [0.15, 0.2) is 12.4 Å². The molecule has 0 aliphatic carbocycles. The highest BCUT2D eigenvalue weighted by atomic mass is 16.5. The van der Waals surface area contributed by atoms with E-state index in [1.807, 2.05) is 49.7 Å². The van der Waals surface area contributed by atoms with Crippen LogP contribution >= 0.6 is 0 Å². The number of ether oxygens (including phenoxy) is 1. The molecule has 1 aromatic carbocycles. The van der Waals surface area contributed by atoms with Crippen molar-refractivity contribution in [2.75, 3.05) is 6.61 Å². The number of carbonyl (C=O) groups excluding carboxylic acids is 2. The van der Waals surface area contributed by atoms with Crippen molar-refractivity contribution < 1.29 is 18.7 Å². The van der Waals surface area contributed by atoms with Gasteiger partial charge in [0.25, 0.3) is 0 Å². The molecule has 0 fully saturated rings.